The SMILES string of the molecule is Cc1cc(C)c2sc(N(Cc3ccccn3)C(=O)c3cccc(F)c3)nc2c1. The molecule has 0 saturated heterocycles. The van der Waals surface area contributed by atoms with E-state index in [-0.39, 0.29) is 18.0 Å². The second-order valence-corrected chi connectivity index (χ2v) is 7.63. The minimum absolute atomic E-state index is 0.258. The van der Waals surface area contributed by atoms with Gasteiger partial charge in [-0.25, -0.2) is 9.37 Å². The Morgan fingerprint density at radius 2 is 1.96 bits per heavy atom. The van der Waals surface area contributed by atoms with Gasteiger partial charge in [-0.2, -0.15) is 0 Å². The number of hydrogen-bond acceptors (Lipinski definition) is 4. The zero-order valence-corrected chi connectivity index (χ0v) is 16.3. The fourth-order valence-corrected chi connectivity index (χ4v) is 4.15. The van der Waals surface area contributed by atoms with Crippen molar-refractivity contribution in [3.05, 3.63) is 89.0 Å². The molecule has 0 spiro atoms. The number of thiazole rings is 1. The van der Waals surface area contributed by atoms with Crippen LogP contribution in [-0.4, -0.2) is 15.9 Å². The van der Waals surface area contributed by atoms with Crippen LogP contribution in [0.25, 0.3) is 10.2 Å². The van der Waals surface area contributed by atoms with Crippen molar-refractivity contribution in [2.45, 2.75) is 20.4 Å². The van der Waals surface area contributed by atoms with Crippen molar-refractivity contribution in [1.29, 1.82) is 0 Å². The molecular weight excluding hydrogens is 373 g/mol. The molecule has 0 aliphatic carbocycles. The van der Waals surface area contributed by atoms with E-state index in [9.17, 15) is 9.18 Å². The molecule has 0 fully saturated rings. The summed E-state index contributed by atoms with van der Waals surface area (Å²) in [5.74, 6) is -0.752. The molecule has 6 heteroatoms. The van der Waals surface area contributed by atoms with E-state index in [2.05, 4.69) is 11.1 Å². The molecule has 0 bridgehead atoms. The van der Waals surface area contributed by atoms with Gasteiger partial charge >= 0.3 is 0 Å². The maximum atomic E-state index is 13.7. The van der Waals surface area contributed by atoms with Gasteiger partial charge in [0.15, 0.2) is 5.13 Å². The number of fused-ring (bicyclic) bond motifs is 1. The topological polar surface area (TPSA) is 46.1 Å². The number of halogens is 1. The first-order chi connectivity index (χ1) is 13.5. The van der Waals surface area contributed by atoms with Gasteiger partial charge in [-0.05, 0) is 61.4 Å². The zero-order valence-electron chi connectivity index (χ0n) is 15.5. The molecule has 2 heterocycles. The van der Waals surface area contributed by atoms with Crippen LogP contribution in [0.1, 0.15) is 27.2 Å². The lowest BCUT2D eigenvalue weighted by atomic mass is 10.1. The third kappa shape index (κ3) is 3.64. The normalized spacial score (nSPS) is 11.0. The molecule has 0 aliphatic heterocycles. The largest absolute Gasteiger partial charge is 0.278 e. The van der Waals surface area contributed by atoms with E-state index in [0.29, 0.717) is 5.13 Å². The zero-order chi connectivity index (χ0) is 19.7. The number of aromatic nitrogens is 2. The summed E-state index contributed by atoms with van der Waals surface area (Å²) in [7, 11) is 0. The van der Waals surface area contributed by atoms with Crippen molar-refractivity contribution in [2.75, 3.05) is 4.90 Å². The van der Waals surface area contributed by atoms with Crippen LogP contribution < -0.4 is 4.90 Å². The summed E-state index contributed by atoms with van der Waals surface area (Å²) in [5, 5.41) is 0.573. The van der Waals surface area contributed by atoms with Gasteiger partial charge < -0.3 is 0 Å². The molecule has 0 aliphatic rings. The van der Waals surface area contributed by atoms with E-state index in [0.717, 1.165) is 27.0 Å². The fraction of sp³-hybridized carbons (Fsp3) is 0.136. The molecule has 0 unspecified atom stereocenters. The fourth-order valence-electron chi connectivity index (χ4n) is 3.14. The van der Waals surface area contributed by atoms with E-state index in [1.54, 1.807) is 17.2 Å². The van der Waals surface area contributed by atoms with Gasteiger partial charge in [0, 0.05) is 11.8 Å². The summed E-state index contributed by atoms with van der Waals surface area (Å²) in [6, 6.07) is 15.4. The van der Waals surface area contributed by atoms with Crippen molar-refractivity contribution >= 4 is 32.6 Å². The smallest absolute Gasteiger partial charge is 0.260 e. The minimum atomic E-state index is -0.445. The highest BCUT2D eigenvalue weighted by atomic mass is 32.1. The van der Waals surface area contributed by atoms with Crippen molar-refractivity contribution < 1.29 is 9.18 Å². The summed E-state index contributed by atoms with van der Waals surface area (Å²) < 4.78 is 14.7. The van der Waals surface area contributed by atoms with E-state index >= 15 is 0 Å². The van der Waals surface area contributed by atoms with Crippen molar-refractivity contribution in [3.8, 4) is 0 Å². The number of rotatable bonds is 4. The number of hydrogen-bond donors (Lipinski definition) is 0. The van der Waals surface area contributed by atoms with E-state index in [1.807, 2.05) is 38.1 Å². The predicted molar refractivity (Wildman–Crippen MR) is 110 cm³/mol. The number of nitrogens with zero attached hydrogens (tertiary/aromatic N) is 3. The van der Waals surface area contributed by atoms with Gasteiger partial charge in [0.2, 0.25) is 0 Å². The van der Waals surface area contributed by atoms with Crippen LogP contribution in [0, 0.1) is 19.7 Å². The third-order valence-corrected chi connectivity index (χ3v) is 5.63. The molecule has 28 heavy (non-hydrogen) atoms. The van der Waals surface area contributed by atoms with Gasteiger partial charge in [-0.1, -0.05) is 29.5 Å². The molecular formula is C22H18FN3OS. The number of benzene rings is 2. The van der Waals surface area contributed by atoms with E-state index < -0.39 is 5.82 Å². The van der Waals surface area contributed by atoms with Gasteiger partial charge in [-0.15, -0.1) is 0 Å². The molecule has 0 N–H and O–H groups in total. The summed E-state index contributed by atoms with van der Waals surface area (Å²) >= 11 is 1.46. The van der Waals surface area contributed by atoms with Gasteiger partial charge in [0.25, 0.3) is 5.91 Å². The summed E-state index contributed by atoms with van der Waals surface area (Å²) in [5.41, 5.74) is 4.11. The quantitative estimate of drug-likeness (QED) is 0.475. The second-order valence-electron chi connectivity index (χ2n) is 6.65. The number of carbonyl (C=O) groups is 1. The molecule has 0 saturated carbocycles. The van der Waals surface area contributed by atoms with E-state index in [1.165, 1.54) is 29.5 Å². The molecule has 1 amide bonds. The number of anilines is 1. The van der Waals surface area contributed by atoms with Crippen molar-refractivity contribution in [1.82, 2.24) is 9.97 Å². The van der Waals surface area contributed by atoms with Crippen LogP contribution in [0.15, 0.2) is 60.8 Å². The summed E-state index contributed by atoms with van der Waals surface area (Å²) in [6.45, 7) is 4.32. The van der Waals surface area contributed by atoms with Gasteiger partial charge in [-0.3, -0.25) is 14.7 Å². The molecule has 4 rings (SSSR count). The first-order valence-corrected chi connectivity index (χ1v) is 9.68. The number of pyridine rings is 1. The second kappa shape index (κ2) is 7.48. The molecule has 2 aromatic carbocycles. The number of amides is 1. The van der Waals surface area contributed by atoms with Crippen LogP contribution in [0.3, 0.4) is 0 Å². The Kier molecular flexibility index (Phi) is 4.88. The lowest BCUT2D eigenvalue weighted by Gasteiger charge is -2.19. The third-order valence-electron chi connectivity index (χ3n) is 4.40. The van der Waals surface area contributed by atoms with E-state index in [4.69, 9.17) is 4.98 Å². The van der Waals surface area contributed by atoms with Crippen LogP contribution in [0.5, 0.6) is 0 Å². The maximum absolute atomic E-state index is 13.7. The lowest BCUT2D eigenvalue weighted by molar-refractivity contribution is 0.0984. The Morgan fingerprint density at radius 3 is 2.71 bits per heavy atom. The maximum Gasteiger partial charge on any atom is 0.260 e. The highest BCUT2D eigenvalue weighted by Gasteiger charge is 2.23. The monoisotopic (exact) mass is 391 g/mol. The molecule has 2 aromatic heterocycles. The highest BCUT2D eigenvalue weighted by Crippen LogP contribution is 2.33. The molecule has 4 nitrogen and oxygen atoms in total. The Labute approximate surface area is 166 Å². The number of carbonyl (C=O) groups excluding carboxylic acids is 1. The van der Waals surface area contributed by atoms with Crippen LogP contribution in [-0.2, 0) is 6.54 Å². The Hall–Kier alpha value is -3.12. The van der Waals surface area contributed by atoms with Gasteiger partial charge in [0.05, 0.1) is 22.5 Å². The Balaban J connectivity index is 1.80. The molecule has 4 aromatic rings. The predicted octanol–water partition coefficient (Wildman–Crippen LogP) is 5.29. The van der Waals surface area contributed by atoms with Crippen molar-refractivity contribution in [3.63, 3.8) is 0 Å². The molecule has 140 valence electrons. The average Bonchev–Trinajstić information content (AvgIpc) is 3.10. The standard InChI is InChI=1S/C22H18FN3OS/c1-14-10-15(2)20-19(11-14)25-22(28-20)26(13-18-8-3-4-9-24-18)21(27)16-6-5-7-17(23)12-16/h3-12H,13H2,1-2H3. The van der Waals surface area contributed by atoms with Crippen LogP contribution >= 0.6 is 11.3 Å². The Morgan fingerprint density at radius 1 is 1.11 bits per heavy atom. The van der Waals surface area contributed by atoms with Gasteiger partial charge in [0.1, 0.15) is 5.82 Å². The van der Waals surface area contributed by atoms with Crippen LogP contribution in [0.4, 0.5) is 9.52 Å². The van der Waals surface area contributed by atoms with Crippen LogP contribution in [0.2, 0.25) is 0 Å². The average molecular weight is 391 g/mol. The minimum Gasteiger partial charge on any atom is -0.278 e. The first-order valence-electron chi connectivity index (χ1n) is 8.86. The highest BCUT2D eigenvalue weighted by molar-refractivity contribution is 7.22. The lowest BCUT2D eigenvalue weighted by Crippen LogP contribution is -2.30. The van der Waals surface area contributed by atoms with Crippen molar-refractivity contribution in [2.24, 2.45) is 0 Å². The molecule has 0 atom stereocenters. The molecule has 0 radical (unpaired) electrons. The number of aryl methyl sites for hydroxylation is 2. The first kappa shape index (κ1) is 18.3. The summed E-state index contributed by atoms with van der Waals surface area (Å²) in [4.78, 5) is 23.8. The Bertz CT molecular complexity index is 1160. The summed E-state index contributed by atoms with van der Waals surface area (Å²) in [6.07, 6.45) is 1.69.